The quantitative estimate of drug-likeness (QED) is 0.371. The van der Waals surface area contributed by atoms with Crippen molar-refractivity contribution in [3.8, 4) is 22.9 Å². The van der Waals surface area contributed by atoms with E-state index in [1.807, 2.05) is 0 Å². The van der Waals surface area contributed by atoms with Crippen LogP contribution in [-0.2, 0) is 11.2 Å². The van der Waals surface area contributed by atoms with Gasteiger partial charge < -0.3 is 14.2 Å². The number of hydrogen-bond acceptors (Lipinski definition) is 8. The van der Waals surface area contributed by atoms with Crippen LogP contribution in [0.5, 0.6) is 0 Å². The summed E-state index contributed by atoms with van der Waals surface area (Å²) < 4.78 is 10.9. The number of rotatable bonds is 6. The highest BCUT2D eigenvalue weighted by molar-refractivity contribution is 7.99. The van der Waals surface area contributed by atoms with Crippen LogP contribution in [0.2, 0.25) is 0 Å². The van der Waals surface area contributed by atoms with Crippen LogP contribution in [0.25, 0.3) is 22.9 Å². The van der Waals surface area contributed by atoms with Gasteiger partial charge in [0.25, 0.3) is 0 Å². The van der Waals surface area contributed by atoms with Gasteiger partial charge in [-0.05, 0) is 48.0 Å². The Kier molecular flexibility index (Phi) is 4.64. The lowest BCUT2D eigenvalue weighted by atomic mass is 10.1. The molecule has 3 aromatic heterocycles. The summed E-state index contributed by atoms with van der Waals surface area (Å²) >= 11 is 1.19. The van der Waals surface area contributed by atoms with Gasteiger partial charge in [0.05, 0.1) is 24.7 Å². The molecular weight excluding hydrogens is 404 g/mol. The van der Waals surface area contributed by atoms with Gasteiger partial charge in [-0.1, -0.05) is 11.8 Å². The Morgan fingerprint density at radius 2 is 1.80 bits per heavy atom. The number of Topliss-reactive ketones (excluding diaryl/α,β-unsaturated/α-hetero) is 1. The van der Waals surface area contributed by atoms with Gasteiger partial charge in [0.1, 0.15) is 5.69 Å². The van der Waals surface area contributed by atoms with Crippen molar-refractivity contribution in [2.24, 2.45) is 0 Å². The van der Waals surface area contributed by atoms with Crippen molar-refractivity contribution in [3.63, 3.8) is 0 Å². The SMILES string of the molecule is O=C1Cc2cc(C(=O)CSc3nnc(-c4ccco4)c(-c4ccco4)n3)ccc2N1. The number of nitrogens with zero attached hydrogens (tertiary/aromatic N) is 3. The van der Waals surface area contributed by atoms with Gasteiger partial charge in [-0.3, -0.25) is 9.59 Å². The van der Waals surface area contributed by atoms with Crippen molar-refractivity contribution in [2.75, 3.05) is 11.1 Å². The molecule has 0 saturated carbocycles. The van der Waals surface area contributed by atoms with E-state index in [0.29, 0.717) is 33.6 Å². The van der Waals surface area contributed by atoms with Gasteiger partial charge in [0.2, 0.25) is 11.1 Å². The summed E-state index contributed by atoms with van der Waals surface area (Å²) in [5.41, 5.74) is 3.08. The smallest absolute Gasteiger partial charge is 0.228 e. The van der Waals surface area contributed by atoms with Gasteiger partial charge in [-0.2, -0.15) is 0 Å². The van der Waals surface area contributed by atoms with E-state index in [-0.39, 0.29) is 23.9 Å². The molecule has 0 atom stereocenters. The molecule has 30 heavy (non-hydrogen) atoms. The number of carbonyl (C=O) groups is 2. The molecular formula is C21H14N4O4S. The number of anilines is 1. The lowest BCUT2D eigenvalue weighted by Gasteiger charge is -2.06. The number of ketones is 1. The third-order valence-corrected chi connectivity index (χ3v) is 5.40. The summed E-state index contributed by atoms with van der Waals surface area (Å²) in [6.45, 7) is 0. The number of benzene rings is 1. The normalized spacial score (nSPS) is 12.6. The van der Waals surface area contributed by atoms with Crippen LogP contribution in [0, 0.1) is 0 Å². The van der Waals surface area contributed by atoms with Gasteiger partial charge in [-0.15, -0.1) is 10.2 Å². The van der Waals surface area contributed by atoms with Crippen molar-refractivity contribution in [1.29, 1.82) is 0 Å². The van der Waals surface area contributed by atoms with E-state index in [1.54, 1.807) is 55.0 Å². The first kappa shape index (κ1) is 18.3. The van der Waals surface area contributed by atoms with E-state index in [4.69, 9.17) is 8.83 Å². The van der Waals surface area contributed by atoms with Crippen molar-refractivity contribution in [3.05, 3.63) is 66.1 Å². The standard InChI is InChI=1S/C21H14N4O4S/c26-15(12-5-6-14-13(9-12)10-18(27)22-14)11-30-21-23-19(16-3-1-7-28-16)20(24-25-21)17-4-2-8-29-17/h1-9H,10-11H2,(H,22,27). The second-order valence-corrected chi connectivity index (χ2v) is 7.50. The molecule has 1 N–H and O–H groups in total. The molecule has 148 valence electrons. The Balaban J connectivity index is 1.37. The molecule has 4 aromatic rings. The number of hydrogen-bond donors (Lipinski definition) is 1. The molecule has 1 aliphatic rings. The highest BCUT2D eigenvalue weighted by Crippen LogP contribution is 2.31. The molecule has 0 bridgehead atoms. The second kappa shape index (κ2) is 7.60. The zero-order valence-corrected chi connectivity index (χ0v) is 16.3. The van der Waals surface area contributed by atoms with Crippen LogP contribution < -0.4 is 5.32 Å². The minimum absolute atomic E-state index is 0.0643. The molecule has 0 spiro atoms. The zero-order chi connectivity index (χ0) is 20.5. The Hall–Kier alpha value is -3.72. The fourth-order valence-electron chi connectivity index (χ4n) is 3.15. The van der Waals surface area contributed by atoms with Gasteiger partial charge in [-0.25, -0.2) is 4.98 Å². The first-order valence-electron chi connectivity index (χ1n) is 9.08. The summed E-state index contributed by atoms with van der Waals surface area (Å²) in [6.07, 6.45) is 3.38. The molecule has 0 fully saturated rings. The summed E-state index contributed by atoms with van der Waals surface area (Å²) in [5.74, 6) is 1.04. The number of amides is 1. The highest BCUT2D eigenvalue weighted by atomic mass is 32.2. The minimum Gasteiger partial charge on any atom is -0.463 e. The molecule has 1 aromatic carbocycles. The van der Waals surface area contributed by atoms with Crippen LogP contribution in [0.3, 0.4) is 0 Å². The van der Waals surface area contributed by atoms with Gasteiger partial charge in [0, 0.05) is 11.3 Å². The number of carbonyl (C=O) groups excluding carboxylic acids is 2. The highest BCUT2D eigenvalue weighted by Gasteiger charge is 2.21. The summed E-state index contributed by atoms with van der Waals surface area (Å²) in [6, 6.07) is 12.3. The fourth-order valence-corrected chi connectivity index (χ4v) is 3.83. The Bertz CT molecular complexity index is 1240. The first-order chi connectivity index (χ1) is 14.7. The first-order valence-corrected chi connectivity index (χ1v) is 10.1. The van der Waals surface area contributed by atoms with E-state index in [9.17, 15) is 9.59 Å². The number of aromatic nitrogens is 3. The van der Waals surface area contributed by atoms with Gasteiger partial charge >= 0.3 is 0 Å². The van der Waals surface area contributed by atoms with Crippen LogP contribution >= 0.6 is 11.8 Å². The number of furan rings is 2. The predicted molar refractivity (Wildman–Crippen MR) is 109 cm³/mol. The third-order valence-electron chi connectivity index (χ3n) is 4.56. The molecule has 1 aliphatic heterocycles. The van der Waals surface area contributed by atoms with E-state index in [0.717, 1.165) is 11.3 Å². The van der Waals surface area contributed by atoms with Crippen LogP contribution in [0.1, 0.15) is 15.9 Å². The van der Waals surface area contributed by atoms with Crippen LogP contribution in [0.15, 0.2) is 69.0 Å². The van der Waals surface area contributed by atoms with Crippen molar-refractivity contribution in [2.45, 2.75) is 11.6 Å². The molecule has 0 unspecified atom stereocenters. The second-order valence-electron chi connectivity index (χ2n) is 6.55. The average molecular weight is 418 g/mol. The topological polar surface area (TPSA) is 111 Å². The monoisotopic (exact) mass is 418 g/mol. The van der Waals surface area contributed by atoms with E-state index >= 15 is 0 Å². The predicted octanol–water partition coefficient (Wildman–Crippen LogP) is 3.86. The maximum absolute atomic E-state index is 12.6. The molecule has 8 nitrogen and oxygen atoms in total. The largest absolute Gasteiger partial charge is 0.463 e. The van der Waals surface area contributed by atoms with Crippen LogP contribution in [-0.4, -0.2) is 32.6 Å². The molecule has 0 aliphatic carbocycles. The van der Waals surface area contributed by atoms with Crippen molar-refractivity contribution >= 4 is 29.1 Å². The van der Waals surface area contributed by atoms with Gasteiger partial charge in [0.15, 0.2) is 23.0 Å². The molecule has 4 heterocycles. The number of thioether (sulfide) groups is 1. The maximum atomic E-state index is 12.6. The Morgan fingerprint density at radius 3 is 2.53 bits per heavy atom. The Labute approximate surface area is 174 Å². The molecule has 0 radical (unpaired) electrons. The average Bonchev–Trinajstić information content (AvgIpc) is 3.52. The molecule has 1 amide bonds. The zero-order valence-electron chi connectivity index (χ0n) is 15.5. The summed E-state index contributed by atoms with van der Waals surface area (Å²) in [4.78, 5) is 28.7. The number of fused-ring (bicyclic) bond motifs is 1. The fraction of sp³-hybridized carbons (Fsp3) is 0.0952. The number of nitrogens with one attached hydrogen (secondary N) is 1. The third kappa shape index (κ3) is 3.50. The van der Waals surface area contributed by atoms with E-state index < -0.39 is 0 Å². The molecule has 5 rings (SSSR count). The minimum atomic E-state index is -0.0830. The lowest BCUT2D eigenvalue weighted by Crippen LogP contribution is -2.05. The lowest BCUT2D eigenvalue weighted by molar-refractivity contribution is -0.115. The summed E-state index contributed by atoms with van der Waals surface area (Å²) in [5, 5.41) is 11.5. The van der Waals surface area contributed by atoms with E-state index in [1.165, 1.54) is 11.8 Å². The van der Waals surface area contributed by atoms with Crippen molar-refractivity contribution in [1.82, 2.24) is 15.2 Å². The maximum Gasteiger partial charge on any atom is 0.228 e. The summed E-state index contributed by atoms with van der Waals surface area (Å²) in [7, 11) is 0. The van der Waals surface area contributed by atoms with E-state index in [2.05, 4.69) is 20.5 Å². The van der Waals surface area contributed by atoms with Crippen LogP contribution in [0.4, 0.5) is 5.69 Å². The van der Waals surface area contributed by atoms with Crippen molar-refractivity contribution < 1.29 is 18.4 Å². The molecule has 9 heteroatoms. The Morgan fingerprint density at radius 1 is 1.03 bits per heavy atom. The molecule has 0 saturated heterocycles.